The highest BCUT2D eigenvalue weighted by molar-refractivity contribution is 5.67. The Hall–Kier alpha value is -0.570. The van der Waals surface area contributed by atoms with Crippen molar-refractivity contribution in [2.24, 2.45) is 5.41 Å². The van der Waals surface area contributed by atoms with Crippen molar-refractivity contribution >= 4 is 5.97 Å². The molecule has 3 heteroatoms. The Morgan fingerprint density at radius 1 is 1.36 bits per heavy atom. The van der Waals surface area contributed by atoms with Crippen LogP contribution in [0, 0.1) is 5.41 Å². The van der Waals surface area contributed by atoms with Crippen molar-refractivity contribution in [3.8, 4) is 0 Å². The first-order valence-electron chi connectivity index (χ1n) is 5.27. The van der Waals surface area contributed by atoms with Crippen LogP contribution in [0.25, 0.3) is 0 Å². The van der Waals surface area contributed by atoms with Crippen LogP contribution in [0.3, 0.4) is 0 Å². The second-order valence-electron chi connectivity index (χ2n) is 4.00. The van der Waals surface area contributed by atoms with E-state index in [1.165, 1.54) is 0 Å². The SMILES string of the molecule is CC.CCC(O)CC(C)(C)CC(=O)O. The number of hydrogen-bond donors (Lipinski definition) is 2. The maximum Gasteiger partial charge on any atom is 0.303 e. The third kappa shape index (κ3) is 9.52. The number of aliphatic hydroxyl groups excluding tert-OH is 1. The van der Waals surface area contributed by atoms with Crippen molar-refractivity contribution in [3.63, 3.8) is 0 Å². The van der Waals surface area contributed by atoms with Gasteiger partial charge in [0, 0.05) is 0 Å². The molecule has 0 aliphatic heterocycles. The number of aliphatic carboxylic acids is 1. The van der Waals surface area contributed by atoms with Crippen molar-refractivity contribution in [1.29, 1.82) is 0 Å². The molecule has 0 spiro atoms. The highest BCUT2D eigenvalue weighted by Gasteiger charge is 2.24. The Morgan fingerprint density at radius 2 is 1.79 bits per heavy atom. The molecule has 0 aromatic rings. The standard InChI is InChI=1S/C9H18O3.C2H6/c1-4-7(10)5-9(2,3)6-8(11)12;1-2/h7,10H,4-6H2,1-3H3,(H,11,12);1-2H3. The third-order valence-electron chi connectivity index (χ3n) is 1.89. The maximum absolute atomic E-state index is 10.4. The summed E-state index contributed by atoms with van der Waals surface area (Å²) in [7, 11) is 0. The zero-order valence-electron chi connectivity index (χ0n) is 10.0. The van der Waals surface area contributed by atoms with E-state index in [9.17, 15) is 9.90 Å². The van der Waals surface area contributed by atoms with E-state index in [0.717, 1.165) is 0 Å². The first-order chi connectivity index (χ1) is 6.37. The van der Waals surface area contributed by atoms with Crippen LogP contribution < -0.4 is 0 Å². The number of rotatable bonds is 5. The summed E-state index contributed by atoms with van der Waals surface area (Å²) in [4.78, 5) is 10.4. The van der Waals surface area contributed by atoms with Gasteiger partial charge in [0.2, 0.25) is 0 Å². The van der Waals surface area contributed by atoms with Gasteiger partial charge in [-0.15, -0.1) is 0 Å². The number of aliphatic hydroxyl groups is 1. The van der Waals surface area contributed by atoms with Gasteiger partial charge in [0.25, 0.3) is 0 Å². The average molecular weight is 204 g/mol. The molecule has 0 fully saturated rings. The Bertz CT molecular complexity index is 153. The van der Waals surface area contributed by atoms with Gasteiger partial charge in [-0.3, -0.25) is 4.79 Å². The molecule has 0 aromatic heterocycles. The molecule has 2 N–H and O–H groups in total. The lowest BCUT2D eigenvalue weighted by Gasteiger charge is -2.24. The van der Waals surface area contributed by atoms with Gasteiger partial charge in [-0.25, -0.2) is 0 Å². The summed E-state index contributed by atoms with van der Waals surface area (Å²) in [5, 5.41) is 17.9. The zero-order valence-corrected chi connectivity index (χ0v) is 10.0. The van der Waals surface area contributed by atoms with Crippen LogP contribution in [-0.2, 0) is 4.79 Å². The Balaban J connectivity index is 0. The van der Waals surface area contributed by atoms with Crippen molar-refractivity contribution in [2.45, 2.75) is 60.0 Å². The fraction of sp³-hybridized carbons (Fsp3) is 0.909. The second-order valence-corrected chi connectivity index (χ2v) is 4.00. The third-order valence-corrected chi connectivity index (χ3v) is 1.89. The van der Waals surface area contributed by atoms with Crippen LogP contribution >= 0.6 is 0 Å². The zero-order chi connectivity index (χ0) is 11.8. The van der Waals surface area contributed by atoms with E-state index in [4.69, 9.17) is 5.11 Å². The molecule has 0 rings (SSSR count). The molecule has 0 aliphatic rings. The summed E-state index contributed by atoms with van der Waals surface area (Å²) in [6.07, 6.45) is 0.975. The van der Waals surface area contributed by atoms with Crippen molar-refractivity contribution in [2.75, 3.05) is 0 Å². The van der Waals surface area contributed by atoms with Crippen LogP contribution in [0.1, 0.15) is 53.9 Å². The molecule has 0 aliphatic carbocycles. The van der Waals surface area contributed by atoms with Crippen LogP contribution in [0.5, 0.6) is 0 Å². The molecule has 0 saturated carbocycles. The molecule has 0 aromatic carbocycles. The molecule has 0 bridgehead atoms. The number of carboxylic acids is 1. The topological polar surface area (TPSA) is 57.5 Å². The molecule has 86 valence electrons. The first kappa shape index (κ1) is 15.9. The molecular formula is C11H24O3. The lowest BCUT2D eigenvalue weighted by Crippen LogP contribution is -2.23. The molecule has 0 saturated heterocycles. The van der Waals surface area contributed by atoms with Gasteiger partial charge in [-0.2, -0.15) is 0 Å². The highest BCUT2D eigenvalue weighted by atomic mass is 16.4. The normalized spacial score (nSPS) is 12.7. The van der Waals surface area contributed by atoms with Crippen molar-refractivity contribution < 1.29 is 15.0 Å². The number of carboxylic acid groups (broad SMARTS) is 1. The summed E-state index contributed by atoms with van der Waals surface area (Å²) in [5.74, 6) is -0.802. The van der Waals surface area contributed by atoms with Gasteiger partial charge in [0.1, 0.15) is 0 Å². The van der Waals surface area contributed by atoms with Crippen LogP contribution in [0.4, 0.5) is 0 Å². The minimum absolute atomic E-state index is 0.115. The number of carbonyl (C=O) groups is 1. The predicted octanol–water partition coefficient (Wildman–Crippen LogP) is 2.67. The van der Waals surface area contributed by atoms with Gasteiger partial charge in [0.05, 0.1) is 12.5 Å². The summed E-state index contributed by atoms with van der Waals surface area (Å²) in [5.41, 5.74) is -0.304. The average Bonchev–Trinajstić information content (AvgIpc) is 2.04. The minimum Gasteiger partial charge on any atom is -0.481 e. The summed E-state index contributed by atoms with van der Waals surface area (Å²) >= 11 is 0. The summed E-state index contributed by atoms with van der Waals surface area (Å²) < 4.78 is 0. The Kier molecular flexibility index (Phi) is 8.85. The van der Waals surface area contributed by atoms with E-state index in [1.807, 2.05) is 34.6 Å². The maximum atomic E-state index is 10.4. The monoisotopic (exact) mass is 204 g/mol. The summed E-state index contributed by atoms with van der Waals surface area (Å²) in [6.45, 7) is 9.61. The molecule has 1 atom stereocenters. The van der Waals surface area contributed by atoms with Gasteiger partial charge in [-0.05, 0) is 18.3 Å². The summed E-state index contributed by atoms with van der Waals surface area (Å²) in [6, 6.07) is 0. The van der Waals surface area contributed by atoms with Crippen LogP contribution in [-0.4, -0.2) is 22.3 Å². The molecular weight excluding hydrogens is 180 g/mol. The van der Waals surface area contributed by atoms with E-state index in [1.54, 1.807) is 0 Å². The molecule has 14 heavy (non-hydrogen) atoms. The molecule has 3 nitrogen and oxygen atoms in total. The van der Waals surface area contributed by atoms with E-state index in [-0.39, 0.29) is 17.9 Å². The van der Waals surface area contributed by atoms with E-state index < -0.39 is 5.97 Å². The van der Waals surface area contributed by atoms with Crippen molar-refractivity contribution in [3.05, 3.63) is 0 Å². The van der Waals surface area contributed by atoms with Gasteiger partial charge in [0.15, 0.2) is 0 Å². The molecule has 0 heterocycles. The van der Waals surface area contributed by atoms with Gasteiger partial charge >= 0.3 is 5.97 Å². The molecule has 0 amide bonds. The molecule has 1 unspecified atom stereocenters. The van der Waals surface area contributed by atoms with E-state index >= 15 is 0 Å². The van der Waals surface area contributed by atoms with Gasteiger partial charge in [-0.1, -0.05) is 34.6 Å². The Labute approximate surface area is 87.1 Å². The lowest BCUT2D eigenvalue weighted by molar-refractivity contribution is -0.139. The quantitative estimate of drug-likeness (QED) is 0.724. The van der Waals surface area contributed by atoms with E-state index in [2.05, 4.69) is 0 Å². The second kappa shape index (κ2) is 7.80. The number of hydrogen-bond acceptors (Lipinski definition) is 2. The van der Waals surface area contributed by atoms with E-state index in [0.29, 0.717) is 12.8 Å². The minimum atomic E-state index is -0.802. The van der Waals surface area contributed by atoms with Crippen molar-refractivity contribution in [1.82, 2.24) is 0 Å². The lowest BCUT2D eigenvalue weighted by atomic mass is 9.83. The van der Waals surface area contributed by atoms with Crippen LogP contribution in [0.15, 0.2) is 0 Å². The van der Waals surface area contributed by atoms with Gasteiger partial charge < -0.3 is 10.2 Å². The highest BCUT2D eigenvalue weighted by Crippen LogP contribution is 2.27. The fourth-order valence-electron chi connectivity index (χ4n) is 1.26. The molecule has 0 radical (unpaired) electrons. The smallest absolute Gasteiger partial charge is 0.303 e. The Morgan fingerprint density at radius 3 is 2.07 bits per heavy atom. The predicted molar refractivity (Wildman–Crippen MR) is 58.3 cm³/mol. The largest absolute Gasteiger partial charge is 0.481 e. The fourth-order valence-corrected chi connectivity index (χ4v) is 1.26. The van der Waals surface area contributed by atoms with Crippen LogP contribution in [0.2, 0.25) is 0 Å². The first-order valence-corrected chi connectivity index (χ1v) is 5.27.